The lowest BCUT2D eigenvalue weighted by atomic mass is 9.68. The number of imide groups is 1. The SMILES string of the molecule is CCC1(C)CC(N2C(=O)C3C(C2=O)C2(Cl)C(Cl)=C(Cl)C3(Cl)C2(Cl)Cl)C(C)C(C)(CC)N1. The van der Waals surface area contributed by atoms with E-state index in [-0.39, 0.29) is 33.1 Å². The maximum absolute atomic E-state index is 13.8. The number of carbonyl (C=O) groups excluding carboxylic acids is 2. The summed E-state index contributed by atoms with van der Waals surface area (Å²) in [5.74, 6) is -3.03. The van der Waals surface area contributed by atoms with E-state index in [2.05, 4.69) is 39.9 Å². The summed E-state index contributed by atoms with van der Waals surface area (Å²) in [6, 6.07) is -0.334. The van der Waals surface area contributed by atoms with E-state index in [0.717, 1.165) is 12.8 Å². The minimum Gasteiger partial charge on any atom is -0.306 e. The molecule has 0 aromatic rings. The summed E-state index contributed by atoms with van der Waals surface area (Å²) in [6.07, 6.45) is 2.30. The Labute approximate surface area is 213 Å². The lowest BCUT2D eigenvalue weighted by molar-refractivity contribution is -0.148. The number of piperidine rings is 1. The van der Waals surface area contributed by atoms with E-state index >= 15 is 0 Å². The van der Waals surface area contributed by atoms with Crippen LogP contribution in [0.3, 0.4) is 0 Å². The van der Waals surface area contributed by atoms with E-state index in [4.69, 9.17) is 69.6 Å². The van der Waals surface area contributed by atoms with Crippen LogP contribution < -0.4 is 5.32 Å². The van der Waals surface area contributed by atoms with E-state index in [1.54, 1.807) is 0 Å². The van der Waals surface area contributed by atoms with Gasteiger partial charge in [-0.05, 0) is 39.0 Å². The molecule has 2 aliphatic carbocycles. The molecule has 0 spiro atoms. The van der Waals surface area contributed by atoms with Crippen LogP contribution in [0.15, 0.2) is 10.1 Å². The minimum atomic E-state index is -1.90. The van der Waals surface area contributed by atoms with Crippen LogP contribution in [0, 0.1) is 17.8 Å². The maximum Gasteiger partial charge on any atom is 0.235 e. The molecule has 4 nitrogen and oxygen atoms in total. The molecule has 10 heteroatoms. The number of fused-ring (bicyclic) bond motifs is 5. The van der Waals surface area contributed by atoms with Crippen molar-refractivity contribution in [1.29, 1.82) is 0 Å². The van der Waals surface area contributed by atoms with Gasteiger partial charge < -0.3 is 5.32 Å². The van der Waals surface area contributed by atoms with Crippen molar-refractivity contribution in [3.63, 3.8) is 0 Å². The van der Waals surface area contributed by atoms with Gasteiger partial charge in [-0.25, -0.2) is 0 Å². The van der Waals surface area contributed by atoms with Gasteiger partial charge in [0.1, 0.15) is 9.75 Å². The fourth-order valence-corrected chi connectivity index (χ4v) is 9.15. The fraction of sp³-hybridized carbons (Fsp3) is 0.810. The second-order valence-corrected chi connectivity index (χ2v) is 13.3. The Morgan fingerprint density at radius 3 is 1.77 bits per heavy atom. The van der Waals surface area contributed by atoms with Crippen LogP contribution in [0.2, 0.25) is 0 Å². The molecule has 0 aromatic heterocycles. The third kappa shape index (κ3) is 2.62. The number of nitrogens with one attached hydrogen (secondary N) is 1. The molecule has 0 radical (unpaired) electrons. The van der Waals surface area contributed by atoms with Gasteiger partial charge in [0.2, 0.25) is 11.8 Å². The summed E-state index contributed by atoms with van der Waals surface area (Å²) >= 11 is 39.7. The molecule has 2 saturated heterocycles. The van der Waals surface area contributed by atoms with Crippen molar-refractivity contribution in [3.8, 4) is 0 Å². The number of hydrogen-bond donors (Lipinski definition) is 1. The van der Waals surface area contributed by atoms with Crippen LogP contribution >= 0.6 is 69.6 Å². The third-order valence-electron chi connectivity index (χ3n) is 8.62. The first kappa shape index (κ1) is 24.7. The van der Waals surface area contributed by atoms with Gasteiger partial charge in [0.05, 0.1) is 21.9 Å². The summed E-state index contributed by atoms with van der Waals surface area (Å²) < 4.78 is -1.90. The number of nitrogens with zero attached hydrogens (tertiary/aromatic N) is 1. The topological polar surface area (TPSA) is 49.4 Å². The second kappa shape index (κ2) is 7.06. The first-order valence-corrected chi connectivity index (χ1v) is 12.8. The Bertz CT molecular complexity index is 864. The molecule has 2 amide bonds. The van der Waals surface area contributed by atoms with Crippen LogP contribution in [0.25, 0.3) is 0 Å². The number of rotatable bonds is 3. The van der Waals surface area contributed by atoms with E-state index in [1.807, 2.05) is 0 Å². The Balaban J connectivity index is 1.82. The molecule has 0 aromatic carbocycles. The largest absolute Gasteiger partial charge is 0.306 e. The number of amides is 2. The summed E-state index contributed by atoms with van der Waals surface area (Å²) in [6.45, 7) is 10.5. The number of hydrogen-bond acceptors (Lipinski definition) is 3. The van der Waals surface area contributed by atoms with E-state index in [0.29, 0.717) is 6.42 Å². The Hall–Kier alpha value is 0.580. The summed E-state index contributed by atoms with van der Waals surface area (Å²) in [7, 11) is 0. The average molecular weight is 551 g/mol. The van der Waals surface area contributed by atoms with Gasteiger partial charge in [0.15, 0.2) is 4.33 Å². The van der Waals surface area contributed by atoms with Crippen molar-refractivity contribution < 1.29 is 9.59 Å². The van der Waals surface area contributed by atoms with Crippen LogP contribution in [-0.4, -0.2) is 47.9 Å². The van der Waals surface area contributed by atoms with Crippen molar-refractivity contribution in [3.05, 3.63) is 10.1 Å². The van der Waals surface area contributed by atoms with Crippen molar-refractivity contribution >= 4 is 81.4 Å². The van der Waals surface area contributed by atoms with Crippen LogP contribution in [0.4, 0.5) is 0 Å². The lowest BCUT2D eigenvalue weighted by Crippen LogP contribution is -2.69. The normalized spacial score (nSPS) is 51.1. The highest BCUT2D eigenvalue weighted by atomic mass is 35.5. The number of likely N-dealkylation sites (tertiary alicyclic amines) is 1. The van der Waals surface area contributed by atoms with Crippen molar-refractivity contribution in [1.82, 2.24) is 10.2 Å². The molecule has 4 aliphatic rings. The first-order valence-electron chi connectivity index (χ1n) is 10.6. The van der Waals surface area contributed by atoms with Gasteiger partial charge in [-0.3, -0.25) is 14.5 Å². The molecular weight excluding hydrogens is 525 g/mol. The standard InChI is InChI=1S/C21H26Cl6N2O2/c1-6-17(4)8-10(9(3)18(5,7-2)28-17)29-15(30)11-12(16(29)31)20(25)14(23)13(22)19(11,24)21(20,26)27/h9-12,28H,6-8H2,1-5H3. The molecule has 1 saturated carbocycles. The molecule has 2 bridgehead atoms. The molecule has 8 unspecified atom stereocenters. The molecule has 2 heterocycles. The highest BCUT2D eigenvalue weighted by molar-refractivity contribution is 6.66. The molecule has 2 aliphatic heterocycles. The summed E-state index contributed by atoms with van der Waals surface area (Å²) in [4.78, 5) is 25.5. The Kier molecular flexibility index (Phi) is 5.62. The highest BCUT2D eigenvalue weighted by Gasteiger charge is 2.87. The Morgan fingerprint density at radius 1 is 0.935 bits per heavy atom. The predicted molar refractivity (Wildman–Crippen MR) is 127 cm³/mol. The molecule has 3 fully saturated rings. The van der Waals surface area contributed by atoms with Crippen molar-refractivity contribution in [2.45, 2.75) is 85.1 Å². The Morgan fingerprint density at radius 2 is 1.39 bits per heavy atom. The van der Waals surface area contributed by atoms with E-state index in [1.165, 1.54) is 4.90 Å². The zero-order chi connectivity index (χ0) is 23.5. The zero-order valence-electron chi connectivity index (χ0n) is 18.0. The predicted octanol–water partition coefficient (Wildman–Crippen LogP) is 5.77. The average Bonchev–Trinajstić information content (AvgIpc) is 3.09. The zero-order valence-corrected chi connectivity index (χ0v) is 22.5. The van der Waals surface area contributed by atoms with E-state index in [9.17, 15) is 9.59 Å². The first-order chi connectivity index (χ1) is 14.1. The van der Waals surface area contributed by atoms with Gasteiger partial charge in [0.25, 0.3) is 0 Å². The monoisotopic (exact) mass is 548 g/mol. The molecule has 174 valence electrons. The van der Waals surface area contributed by atoms with Crippen molar-refractivity contribution in [2.75, 3.05) is 0 Å². The van der Waals surface area contributed by atoms with Crippen LogP contribution in [-0.2, 0) is 9.59 Å². The number of halogens is 6. The fourth-order valence-electron chi connectivity index (χ4n) is 6.22. The van der Waals surface area contributed by atoms with Crippen LogP contribution in [0.1, 0.15) is 53.9 Å². The van der Waals surface area contributed by atoms with Gasteiger partial charge >= 0.3 is 0 Å². The van der Waals surface area contributed by atoms with E-state index < -0.39 is 37.7 Å². The minimum absolute atomic E-state index is 0.00489. The number of alkyl halides is 4. The molecule has 4 rings (SSSR count). The van der Waals surface area contributed by atoms with Gasteiger partial charge in [0, 0.05) is 17.1 Å². The molecule has 8 atom stereocenters. The third-order valence-corrected chi connectivity index (χ3v) is 12.9. The quantitative estimate of drug-likeness (QED) is 0.358. The molecular formula is C21H26Cl6N2O2. The second-order valence-electron chi connectivity index (χ2n) is 10.00. The number of carbonyl (C=O) groups is 2. The van der Waals surface area contributed by atoms with Crippen molar-refractivity contribution in [2.24, 2.45) is 17.8 Å². The summed E-state index contributed by atoms with van der Waals surface area (Å²) in [5.41, 5.74) is -0.509. The number of allylic oxidation sites excluding steroid dienone is 2. The van der Waals surface area contributed by atoms with Gasteiger partial charge in [-0.15, -0.1) is 23.2 Å². The maximum atomic E-state index is 13.8. The highest BCUT2D eigenvalue weighted by Crippen LogP contribution is 2.77. The molecule has 1 N–H and O–H groups in total. The van der Waals surface area contributed by atoms with Crippen LogP contribution in [0.5, 0.6) is 0 Å². The lowest BCUT2D eigenvalue weighted by Gasteiger charge is -2.55. The smallest absolute Gasteiger partial charge is 0.235 e. The van der Waals surface area contributed by atoms with Gasteiger partial charge in [-0.2, -0.15) is 0 Å². The molecule has 31 heavy (non-hydrogen) atoms. The summed E-state index contributed by atoms with van der Waals surface area (Å²) in [5, 5.41) is 3.65. The van der Waals surface area contributed by atoms with Gasteiger partial charge in [-0.1, -0.05) is 67.2 Å².